The van der Waals surface area contributed by atoms with Crippen LogP contribution >= 0.6 is 0 Å². The van der Waals surface area contributed by atoms with Gasteiger partial charge in [0.15, 0.2) is 0 Å². The largest absolute Gasteiger partial charge is 0.463 e. The number of rotatable bonds is 19. The first-order valence-electron chi connectivity index (χ1n) is 10.1. The molecule has 0 saturated carbocycles. The molecule has 0 N–H and O–H groups in total. The number of hydrogen-bond donors (Lipinski definition) is 0. The lowest BCUT2D eigenvalue weighted by Gasteiger charge is -2.13. The Morgan fingerprint density at radius 1 is 0.720 bits per heavy atom. The van der Waals surface area contributed by atoms with Crippen LogP contribution in [0, 0.1) is 0 Å². The van der Waals surface area contributed by atoms with Crippen LogP contribution in [0.25, 0.3) is 0 Å². The summed E-state index contributed by atoms with van der Waals surface area (Å²) in [5, 5.41) is 0. The molecule has 0 radical (unpaired) electrons. The molecular formula is C20H40O5. The highest BCUT2D eigenvalue weighted by molar-refractivity contribution is 5.69. The van der Waals surface area contributed by atoms with Crippen molar-refractivity contribution in [2.45, 2.75) is 84.7 Å². The third-order valence-electron chi connectivity index (χ3n) is 3.85. The Balaban J connectivity index is 3.26. The Morgan fingerprint density at radius 3 is 1.88 bits per heavy atom. The second kappa shape index (κ2) is 19.7. The van der Waals surface area contributed by atoms with Crippen molar-refractivity contribution in [2.75, 3.05) is 39.6 Å². The molecule has 5 nitrogen and oxygen atoms in total. The third kappa shape index (κ3) is 19.5. The van der Waals surface area contributed by atoms with E-state index in [1.54, 1.807) is 0 Å². The van der Waals surface area contributed by atoms with Gasteiger partial charge in [0, 0.05) is 19.6 Å². The fourth-order valence-electron chi connectivity index (χ4n) is 2.31. The fourth-order valence-corrected chi connectivity index (χ4v) is 2.31. The van der Waals surface area contributed by atoms with Crippen LogP contribution in [-0.4, -0.2) is 51.7 Å². The lowest BCUT2D eigenvalue weighted by Crippen LogP contribution is -2.15. The van der Waals surface area contributed by atoms with E-state index < -0.39 is 0 Å². The molecule has 0 heterocycles. The van der Waals surface area contributed by atoms with E-state index in [1.807, 2.05) is 6.92 Å². The van der Waals surface area contributed by atoms with E-state index in [-0.39, 0.29) is 12.1 Å². The molecule has 0 aliphatic carbocycles. The van der Waals surface area contributed by atoms with Crippen LogP contribution < -0.4 is 0 Å². The van der Waals surface area contributed by atoms with Gasteiger partial charge in [-0.05, 0) is 32.6 Å². The summed E-state index contributed by atoms with van der Waals surface area (Å²) in [6, 6.07) is 0. The van der Waals surface area contributed by atoms with Crippen LogP contribution in [0.3, 0.4) is 0 Å². The summed E-state index contributed by atoms with van der Waals surface area (Å²) in [4.78, 5) is 11.7. The molecule has 0 bridgehead atoms. The van der Waals surface area contributed by atoms with Crippen LogP contribution in [-0.2, 0) is 23.7 Å². The minimum atomic E-state index is -0.118. The van der Waals surface area contributed by atoms with Gasteiger partial charge in [0.05, 0.1) is 32.5 Å². The smallest absolute Gasteiger partial charge is 0.306 e. The molecule has 0 fully saturated rings. The third-order valence-corrected chi connectivity index (χ3v) is 3.85. The van der Waals surface area contributed by atoms with E-state index >= 15 is 0 Å². The number of unbranched alkanes of at least 4 members (excludes halogenated alkanes) is 4. The van der Waals surface area contributed by atoms with Crippen molar-refractivity contribution in [3.8, 4) is 0 Å². The number of carbonyl (C=O) groups excluding carboxylic acids is 1. The van der Waals surface area contributed by atoms with Crippen molar-refractivity contribution in [3.05, 3.63) is 0 Å². The highest BCUT2D eigenvalue weighted by Gasteiger charge is 2.08. The molecule has 0 aromatic carbocycles. The Labute approximate surface area is 154 Å². The molecule has 1 atom stereocenters. The highest BCUT2D eigenvalue weighted by atomic mass is 16.5. The van der Waals surface area contributed by atoms with Crippen molar-refractivity contribution in [1.29, 1.82) is 0 Å². The summed E-state index contributed by atoms with van der Waals surface area (Å²) >= 11 is 0. The zero-order valence-electron chi connectivity index (χ0n) is 16.7. The van der Waals surface area contributed by atoms with Crippen LogP contribution in [0.2, 0.25) is 0 Å². The standard InChI is InChI=1S/C20H40O5/c1-4-6-8-9-11-19(3)25-20(21)12-10-14-23-16-18-24-17-15-22-13-7-5-2/h19H,4-18H2,1-3H3. The molecule has 1 unspecified atom stereocenters. The molecule has 0 saturated heterocycles. The van der Waals surface area contributed by atoms with Gasteiger partial charge in [0.1, 0.15) is 0 Å². The topological polar surface area (TPSA) is 54.0 Å². The number of esters is 1. The van der Waals surface area contributed by atoms with Crippen LogP contribution in [0.1, 0.15) is 78.6 Å². The minimum absolute atomic E-state index is 0.0261. The SMILES string of the molecule is CCCCCCC(C)OC(=O)CCCOCCOCCOCCCC. The second-order valence-corrected chi connectivity index (χ2v) is 6.44. The van der Waals surface area contributed by atoms with Gasteiger partial charge in [0.2, 0.25) is 0 Å². The average Bonchev–Trinajstić information content (AvgIpc) is 2.59. The first-order valence-corrected chi connectivity index (χ1v) is 10.1. The van der Waals surface area contributed by atoms with Crippen molar-refractivity contribution in [3.63, 3.8) is 0 Å². The molecule has 25 heavy (non-hydrogen) atoms. The monoisotopic (exact) mass is 360 g/mol. The van der Waals surface area contributed by atoms with Crippen LogP contribution in [0.4, 0.5) is 0 Å². The summed E-state index contributed by atoms with van der Waals surface area (Å²) in [6.45, 7) is 10.1. The van der Waals surface area contributed by atoms with Gasteiger partial charge in [-0.15, -0.1) is 0 Å². The van der Waals surface area contributed by atoms with Crippen molar-refractivity contribution >= 4 is 5.97 Å². The molecule has 0 aromatic rings. The molecule has 0 aromatic heterocycles. The number of hydrogen-bond acceptors (Lipinski definition) is 5. The van der Waals surface area contributed by atoms with E-state index in [4.69, 9.17) is 18.9 Å². The Morgan fingerprint density at radius 2 is 1.28 bits per heavy atom. The molecule has 5 heteroatoms. The van der Waals surface area contributed by atoms with E-state index in [1.165, 1.54) is 19.3 Å². The van der Waals surface area contributed by atoms with E-state index in [9.17, 15) is 4.79 Å². The van der Waals surface area contributed by atoms with Crippen molar-refractivity contribution < 1.29 is 23.7 Å². The minimum Gasteiger partial charge on any atom is -0.463 e. The van der Waals surface area contributed by atoms with Gasteiger partial charge in [-0.25, -0.2) is 0 Å². The summed E-state index contributed by atoms with van der Waals surface area (Å²) in [7, 11) is 0. The van der Waals surface area contributed by atoms with Gasteiger partial charge >= 0.3 is 5.97 Å². The van der Waals surface area contributed by atoms with Gasteiger partial charge in [-0.3, -0.25) is 4.79 Å². The molecule has 0 amide bonds. The van der Waals surface area contributed by atoms with E-state index in [2.05, 4.69) is 13.8 Å². The lowest BCUT2D eigenvalue weighted by molar-refractivity contribution is -0.149. The molecular weight excluding hydrogens is 320 g/mol. The Bertz CT molecular complexity index is 283. The maximum absolute atomic E-state index is 11.7. The highest BCUT2D eigenvalue weighted by Crippen LogP contribution is 2.09. The molecule has 0 rings (SSSR count). The molecule has 0 aliphatic rings. The Hall–Kier alpha value is -0.650. The second-order valence-electron chi connectivity index (χ2n) is 6.44. The normalized spacial score (nSPS) is 12.3. The zero-order chi connectivity index (χ0) is 18.6. The van der Waals surface area contributed by atoms with Gasteiger partial charge in [0.25, 0.3) is 0 Å². The van der Waals surface area contributed by atoms with Crippen molar-refractivity contribution in [2.24, 2.45) is 0 Å². The van der Waals surface area contributed by atoms with Crippen molar-refractivity contribution in [1.82, 2.24) is 0 Å². The van der Waals surface area contributed by atoms with Crippen LogP contribution in [0.5, 0.6) is 0 Å². The van der Waals surface area contributed by atoms with E-state index in [0.29, 0.717) is 45.9 Å². The maximum Gasteiger partial charge on any atom is 0.306 e. The van der Waals surface area contributed by atoms with Gasteiger partial charge in [-0.1, -0.05) is 39.5 Å². The zero-order valence-corrected chi connectivity index (χ0v) is 16.7. The first-order chi connectivity index (χ1) is 12.2. The van der Waals surface area contributed by atoms with Gasteiger partial charge in [-0.2, -0.15) is 0 Å². The predicted molar refractivity (Wildman–Crippen MR) is 101 cm³/mol. The quantitative estimate of drug-likeness (QED) is 0.250. The molecule has 150 valence electrons. The van der Waals surface area contributed by atoms with Crippen LogP contribution in [0.15, 0.2) is 0 Å². The average molecular weight is 361 g/mol. The lowest BCUT2D eigenvalue weighted by atomic mass is 10.1. The summed E-state index contributed by atoms with van der Waals surface area (Å²) in [6.07, 6.45) is 9.20. The summed E-state index contributed by atoms with van der Waals surface area (Å²) in [5.74, 6) is -0.118. The van der Waals surface area contributed by atoms with E-state index in [0.717, 1.165) is 32.3 Å². The predicted octanol–water partition coefficient (Wildman–Crippen LogP) is 4.52. The molecule has 0 spiro atoms. The summed E-state index contributed by atoms with van der Waals surface area (Å²) in [5.41, 5.74) is 0. The Kier molecular flexibility index (Phi) is 19.2. The number of ether oxygens (including phenoxy) is 4. The summed E-state index contributed by atoms with van der Waals surface area (Å²) < 4.78 is 21.7. The maximum atomic E-state index is 11.7. The number of carbonyl (C=O) groups is 1. The van der Waals surface area contributed by atoms with Gasteiger partial charge < -0.3 is 18.9 Å². The molecule has 0 aliphatic heterocycles. The first kappa shape index (κ1) is 24.4. The fraction of sp³-hybridized carbons (Fsp3) is 0.950.